The van der Waals surface area contributed by atoms with Crippen molar-refractivity contribution in [1.29, 1.82) is 0 Å². The lowest BCUT2D eigenvalue weighted by Gasteiger charge is -2.13. The highest BCUT2D eigenvalue weighted by Crippen LogP contribution is 2.15. The van der Waals surface area contributed by atoms with Gasteiger partial charge in [0.15, 0.2) is 0 Å². The Morgan fingerprint density at radius 2 is 1.79 bits per heavy atom. The molecule has 2 rings (SSSR count). The minimum Gasteiger partial charge on any atom is -0.374 e. The lowest BCUT2D eigenvalue weighted by Crippen LogP contribution is -2.17. The van der Waals surface area contributed by atoms with Crippen molar-refractivity contribution in [2.45, 2.75) is 32.9 Å². The van der Waals surface area contributed by atoms with E-state index in [0.717, 1.165) is 31.8 Å². The molecule has 2 N–H and O–H groups in total. The largest absolute Gasteiger partial charge is 0.374 e. The first-order valence-corrected chi connectivity index (χ1v) is 8.39. The molecule has 2 aromatic rings. The van der Waals surface area contributed by atoms with Gasteiger partial charge in [0.05, 0.1) is 6.10 Å². The molecule has 24 heavy (non-hydrogen) atoms. The number of amides is 1. The van der Waals surface area contributed by atoms with E-state index in [1.165, 1.54) is 18.1 Å². The Bertz CT molecular complexity index is 611. The smallest absolute Gasteiger partial charge is 0.221 e. The van der Waals surface area contributed by atoms with Crippen molar-refractivity contribution in [2.75, 3.05) is 18.5 Å². The van der Waals surface area contributed by atoms with E-state index in [0.29, 0.717) is 0 Å². The van der Waals surface area contributed by atoms with E-state index >= 15 is 0 Å². The van der Waals surface area contributed by atoms with E-state index in [2.05, 4.69) is 29.7 Å². The maximum Gasteiger partial charge on any atom is 0.221 e. The third kappa shape index (κ3) is 6.52. The van der Waals surface area contributed by atoms with Gasteiger partial charge in [-0.25, -0.2) is 0 Å². The first kappa shape index (κ1) is 18.2. The average Bonchev–Trinajstić information content (AvgIpc) is 2.59. The number of rotatable bonds is 9. The molecule has 1 atom stereocenters. The van der Waals surface area contributed by atoms with Crippen LogP contribution >= 0.6 is 0 Å². The molecule has 0 unspecified atom stereocenters. The van der Waals surface area contributed by atoms with Crippen LogP contribution in [0, 0.1) is 0 Å². The number of carbonyl (C=O) groups excluding carboxylic acids is 1. The molecule has 0 fully saturated rings. The number of benzene rings is 2. The van der Waals surface area contributed by atoms with Gasteiger partial charge in [-0.05, 0) is 43.1 Å². The van der Waals surface area contributed by atoms with Crippen LogP contribution in [0.15, 0.2) is 54.6 Å². The first-order valence-electron chi connectivity index (χ1n) is 8.39. The van der Waals surface area contributed by atoms with E-state index in [-0.39, 0.29) is 12.0 Å². The first-order chi connectivity index (χ1) is 11.6. The summed E-state index contributed by atoms with van der Waals surface area (Å²) < 4.78 is 5.85. The molecule has 0 aliphatic carbocycles. The molecule has 0 saturated heterocycles. The summed E-state index contributed by atoms with van der Waals surface area (Å²) in [5.74, 6) is -0.0504. The summed E-state index contributed by atoms with van der Waals surface area (Å²) in [5, 5.41) is 6.17. The van der Waals surface area contributed by atoms with E-state index in [1.54, 1.807) is 0 Å². The summed E-state index contributed by atoms with van der Waals surface area (Å²) in [6.07, 6.45) is 1.11. The van der Waals surface area contributed by atoms with Gasteiger partial charge in [0, 0.05) is 25.8 Å². The molecule has 0 saturated carbocycles. The highest BCUT2D eigenvalue weighted by Gasteiger charge is 2.04. The maximum atomic E-state index is 11.0. The predicted octanol–water partition coefficient (Wildman–Crippen LogP) is 3.90. The second kappa shape index (κ2) is 9.85. The van der Waals surface area contributed by atoms with Crippen LogP contribution in [0.25, 0.3) is 0 Å². The molecule has 0 aromatic heterocycles. The van der Waals surface area contributed by atoms with Crippen LogP contribution in [-0.2, 0) is 16.1 Å². The normalized spacial score (nSPS) is 11.9. The molecule has 0 heterocycles. The van der Waals surface area contributed by atoms with E-state index < -0.39 is 0 Å². The average molecular weight is 326 g/mol. The Morgan fingerprint density at radius 1 is 1.08 bits per heavy atom. The Morgan fingerprint density at radius 3 is 2.46 bits per heavy atom. The number of hydrogen-bond acceptors (Lipinski definition) is 3. The maximum absolute atomic E-state index is 11.0. The Kier molecular flexibility index (Phi) is 7.46. The van der Waals surface area contributed by atoms with Gasteiger partial charge in [-0.2, -0.15) is 0 Å². The van der Waals surface area contributed by atoms with Gasteiger partial charge in [-0.15, -0.1) is 0 Å². The quantitative estimate of drug-likeness (QED) is 0.687. The molecular weight excluding hydrogens is 300 g/mol. The van der Waals surface area contributed by atoms with Crippen molar-refractivity contribution in [3.63, 3.8) is 0 Å². The van der Waals surface area contributed by atoms with Crippen LogP contribution in [0.3, 0.4) is 0 Å². The third-order valence-electron chi connectivity index (χ3n) is 3.74. The van der Waals surface area contributed by atoms with Crippen LogP contribution in [0.2, 0.25) is 0 Å². The minimum atomic E-state index is -0.0504. The lowest BCUT2D eigenvalue weighted by molar-refractivity contribution is -0.114. The molecule has 0 radical (unpaired) electrons. The van der Waals surface area contributed by atoms with Crippen molar-refractivity contribution in [3.05, 3.63) is 65.7 Å². The van der Waals surface area contributed by atoms with Gasteiger partial charge in [0.25, 0.3) is 0 Å². The van der Waals surface area contributed by atoms with Gasteiger partial charge in [0.1, 0.15) is 0 Å². The van der Waals surface area contributed by atoms with Crippen molar-refractivity contribution >= 4 is 11.6 Å². The molecule has 4 nitrogen and oxygen atoms in total. The fourth-order valence-corrected chi connectivity index (χ4v) is 2.42. The van der Waals surface area contributed by atoms with E-state index in [4.69, 9.17) is 4.74 Å². The van der Waals surface area contributed by atoms with Crippen LogP contribution in [0.1, 0.15) is 37.5 Å². The molecule has 128 valence electrons. The zero-order valence-corrected chi connectivity index (χ0v) is 14.4. The Hall–Kier alpha value is -2.17. The summed E-state index contributed by atoms with van der Waals surface area (Å²) in [5.41, 5.74) is 3.24. The number of anilines is 1. The number of carbonyl (C=O) groups is 1. The van der Waals surface area contributed by atoms with E-state index in [1.807, 2.05) is 42.5 Å². The summed E-state index contributed by atoms with van der Waals surface area (Å²) >= 11 is 0. The molecule has 0 aliphatic heterocycles. The van der Waals surface area contributed by atoms with Gasteiger partial charge < -0.3 is 15.4 Å². The second-order valence-corrected chi connectivity index (χ2v) is 5.83. The summed E-state index contributed by atoms with van der Waals surface area (Å²) in [7, 11) is 0. The highest BCUT2D eigenvalue weighted by atomic mass is 16.5. The van der Waals surface area contributed by atoms with Gasteiger partial charge in [0.2, 0.25) is 5.91 Å². The highest BCUT2D eigenvalue weighted by molar-refractivity contribution is 5.88. The summed E-state index contributed by atoms with van der Waals surface area (Å²) in [6.45, 7) is 6.06. The lowest BCUT2D eigenvalue weighted by atomic mass is 10.1. The van der Waals surface area contributed by atoms with Crippen molar-refractivity contribution in [2.24, 2.45) is 0 Å². The van der Waals surface area contributed by atoms with Crippen molar-refractivity contribution in [1.82, 2.24) is 5.32 Å². The fraction of sp³-hybridized carbons (Fsp3) is 0.350. The minimum absolute atomic E-state index is 0.0504. The molecule has 0 bridgehead atoms. The molecular formula is C20H26N2O2. The van der Waals surface area contributed by atoms with Gasteiger partial charge in [-0.1, -0.05) is 42.5 Å². The monoisotopic (exact) mass is 326 g/mol. The Labute approximate surface area is 144 Å². The van der Waals surface area contributed by atoms with Crippen molar-refractivity contribution in [3.8, 4) is 0 Å². The second-order valence-electron chi connectivity index (χ2n) is 5.83. The van der Waals surface area contributed by atoms with Crippen LogP contribution < -0.4 is 10.6 Å². The summed E-state index contributed by atoms with van der Waals surface area (Å²) in [6, 6.07) is 18.1. The van der Waals surface area contributed by atoms with Gasteiger partial charge in [-0.3, -0.25) is 4.79 Å². The zero-order chi connectivity index (χ0) is 17.2. The third-order valence-corrected chi connectivity index (χ3v) is 3.74. The molecule has 1 amide bonds. The topological polar surface area (TPSA) is 50.4 Å². The molecule has 4 heteroatoms. The predicted molar refractivity (Wildman–Crippen MR) is 97.9 cm³/mol. The van der Waals surface area contributed by atoms with Crippen LogP contribution in [-0.4, -0.2) is 19.1 Å². The van der Waals surface area contributed by atoms with E-state index in [9.17, 15) is 4.79 Å². The SMILES string of the molecule is CC(=O)Nc1ccc(CNCCCO[C@@H](C)c2ccccc2)cc1. The summed E-state index contributed by atoms with van der Waals surface area (Å²) in [4.78, 5) is 11.0. The zero-order valence-electron chi connectivity index (χ0n) is 14.4. The number of ether oxygens (including phenoxy) is 1. The van der Waals surface area contributed by atoms with Gasteiger partial charge >= 0.3 is 0 Å². The number of hydrogen-bond donors (Lipinski definition) is 2. The van der Waals surface area contributed by atoms with Crippen LogP contribution in [0.5, 0.6) is 0 Å². The molecule has 0 aliphatic rings. The standard InChI is InChI=1S/C20H26N2O2/c1-16(19-7-4-3-5-8-19)24-14-6-13-21-15-18-9-11-20(12-10-18)22-17(2)23/h3-5,7-12,16,21H,6,13-15H2,1-2H3,(H,22,23)/t16-/m0/s1. The molecule has 2 aromatic carbocycles. The Balaban J connectivity index is 1.59. The van der Waals surface area contributed by atoms with Crippen molar-refractivity contribution < 1.29 is 9.53 Å². The van der Waals surface area contributed by atoms with Crippen LogP contribution in [0.4, 0.5) is 5.69 Å². The fourth-order valence-electron chi connectivity index (χ4n) is 2.42. The number of nitrogens with one attached hydrogen (secondary N) is 2. The molecule has 0 spiro atoms.